The summed E-state index contributed by atoms with van der Waals surface area (Å²) in [5.74, 6) is 0.384. The summed E-state index contributed by atoms with van der Waals surface area (Å²) in [5.41, 5.74) is 3.68. The van der Waals surface area contributed by atoms with Crippen molar-refractivity contribution in [3.63, 3.8) is 0 Å². The minimum atomic E-state index is 0.00831. The van der Waals surface area contributed by atoms with Crippen LogP contribution in [0.15, 0.2) is 18.2 Å². The van der Waals surface area contributed by atoms with Gasteiger partial charge in [0, 0.05) is 18.0 Å². The molecule has 0 unspecified atom stereocenters. The van der Waals surface area contributed by atoms with Crippen LogP contribution in [0.25, 0.3) is 0 Å². The highest BCUT2D eigenvalue weighted by atomic mass is 35.5. The number of alkyl halides is 1. The molecule has 0 saturated carbocycles. The number of hydrogen-bond donors (Lipinski definition) is 1. The first-order chi connectivity index (χ1) is 7.81. The third-order valence-electron chi connectivity index (χ3n) is 2.99. The molecule has 2 nitrogen and oxygen atoms in total. The molecule has 1 N–H and O–H groups in total. The van der Waals surface area contributed by atoms with Crippen LogP contribution in [0.4, 0.5) is 5.69 Å². The number of amides is 1. The first-order valence-corrected chi connectivity index (χ1v) is 6.31. The highest BCUT2D eigenvalue weighted by Gasteiger charge is 2.13. The maximum Gasteiger partial charge on any atom is 0.225 e. The number of fused-ring (bicyclic) bond motifs is 1. The van der Waals surface area contributed by atoms with Crippen LogP contribution in [0.2, 0.25) is 0 Å². The van der Waals surface area contributed by atoms with Gasteiger partial charge in [-0.3, -0.25) is 4.79 Å². The van der Waals surface area contributed by atoms with E-state index < -0.39 is 0 Å². The van der Waals surface area contributed by atoms with Gasteiger partial charge in [-0.25, -0.2) is 0 Å². The Morgan fingerprint density at radius 2 is 2.12 bits per heavy atom. The van der Waals surface area contributed by atoms with Crippen molar-refractivity contribution in [2.75, 3.05) is 11.2 Å². The fourth-order valence-corrected chi connectivity index (χ4v) is 2.37. The third-order valence-corrected chi connectivity index (χ3v) is 3.18. The molecule has 2 rings (SSSR count). The minimum absolute atomic E-state index is 0.00831. The molecule has 0 radical (unpaired) electrons. The van der Waals surface area contributed by atoms with Gasteiger partial charge in [0.1, 0.15) is 0 Å². The molecule has 86 valence electrons. The van der Waals surface area contributed by atoms with Crippen molar-refractivity contribution in [2.24, 2.45) is 0 Å². The van der Waals surface area contributed by atoms with Gasteiger partial charge in [-0.15, -0.1) is 11.6 Å². The van der Waals surface area contributed by atoms with E-state index in [1.165, 1.54) is 24.0 Å². The van der Waals surface area contributed by atoms with Gasteiger partial charge < -0.3 is 5.32 Å². The predicted molar refractivity (Wildman–Crippen MR) is 67.1 cm³/mol. The van der Waals surface area contributed by atoms with Crippen molar-refractivity contribution in [3.8, 4) is 0 Å². The van der Waals surface area contributed by atoms with Crippen molar-refractivity contribution in [1.82, 2.24) is 0 Å². The van der Waals surface area contributed by atoms with Crippen LogP contribution < -0.4 is 5.32 Å². The number of hydrogen-bond acceptors (Lipinski definition) is 1. The molecule has 1 aromatic rings. The van der Waals surface area contributed by atoms with Crippen molar-refractivity contribution < 1.29 is 4.79 Å². The molecule has 0 aromatic heterocycles. The van der Waals surface area contributed by atoms with E-state index >= 15 is 0 Å². The maximum atomic E-state index is 11.5. The Bertz CT molecular complexity index is 390. The maximum absolute atomic E-state index is 11.5. The summed E-state index contributed by atoms with van der Waals surface area (Å²) in [7, 11) is 0. The summed E-state index contributed by atoms with van der Waals surface area (Å²) in [6, 6.07) is 6.16. The lowest BCUT2D eigenvalue weighted by atomic mass is 9.90. The van der Waals surface area contributed by atoms with E-state index in [-0.39, 0.29) is 5.91 Å². The second-order valence-electron chi connectivity index (χ2n) is 4.14. The Kier molecular flexibility index (Phi) is 3.83. The normalized spacial score (nSPS) is 14.3. The minimum Gasteiger partial charge on any atom is -0.326 e. The largest absolute Gasteiger partial charge is 0.326 e. The standard InChI is InChI=1S/C13H16ClNO/c14-9-8-13(16)15-12-7-3-5-10-4-1-2-6-11(10)12/h3,5,7H,1-2,4,6,8-9H2,(H,15,16). The lowest BCUT2D eigenvalue weighted by molar-refractivity contribution is -0.115. The highest BCUT2D eigenvalue weighted by molar-refractivity contribution is 6.19. The van der Waals surface area contributed by atoms with Gasteiger partial charge in [0.25, 0.3) is 0 Å². The molecular weight excluding hydrogens is 222 g/mol. The molecule has 1 aliphatic carbocycles. The monoisotopic (exact) mass is 237 g/mol. The highest BCUT2D eigenvalue weighted by Crippen LogP contribution is 2.27. The smallest absolute Gasteiger partial charge is 0.225 e. The molecule has 0 saturated heterocycles. The van der Waals surface area contributed by atoms with E-state index in [1.54, 1.807) is 0 Å². The van der Waals surface area contributed by atoms with Crippen LogP contribution in [0, 0.1) is 0 Å². The van der Waals surface area contributed by atoms with E-state index in [0.717, 1.165) is 18.5 Å². The van der Waals surface area contributed by atoms with Gasteiger partial charge in [0.15, 0.2) is 0 Å². The van der Waals surface area contributed by atoms with Crippen LogP contribution in [-0.4, -0.2) is 11.8 Å². The average Bonchev–Trinajstić information content (AvgIpc) is 2.30. The van der Waals surface area contributed by atoms with E-state index in [9.17, 15) is 4.79 Å². The topological polar surface area (TPSA) is 29.1 Å². The van der Waals surface area contributed by atoms with E-state index in [2.05, 4.69) is 11.4 Å². The molecule has 0 spiro atoms. The number of nitrogens with one attached hydrogen (secondary N) is 1. The van der Waals surface area contributed by atoms with Crippen molar-refractivity contribution in [2.45, 2.75) is 32.1 Å². The molecule has 3 heteroatoms. The lowest BCUT2D eigenvalue weighted by Crippen LogP contribution is -2.15. The van der Waals surface area contributed by atoms with Gasteiger partial charge in [-0.1, -0.05) is 12.1 Å². The van der Waals surface area contributed by atoms with E-state index in [4.69, 9.17) is 11.6 Å². The molecule has 0 aliphatic heterocycles. The number of carbonyl (C=O) groups is 1. The number of aryl methyl sites for hydroxylation is 1. The Hall–Kier alpha value is -1.02. The Morgan fingerprint density at radius 1 is 1.31 bits per heavy atom. The second kappa shape index (κ2) is 5.35. The molecule has 1 aliphatic rings. The number of anilines is 1. The van der Waals surface area contributed by atoms with Crippen molar-refractivity contribution in [1.29, 1.82) is 0 Å². The van der Waals surface area contributed by atoms with Crippen LogP contribution in [-0.2, 0) is 17.6 Å². The summed E-state index contributed by atoms with van der Waals surface area (Å²) in [4.78, 5) is 11.5. The number of rotatable bonds is 3. The van der Waals surface area contributed by atoms with Gasteiger partial charge in [0.05, 0.1) is 0 Å². The van der Waals surface area contributed by atoms with Gasteiger partial charge >= 0.3 is 0 Å². The summed E-state index contributed by atoms with van der Waals surface area (Å²) in [5, 5.41) is 2.95. The van der Waals surface area contributed by atoms with E-state index in [1.807, 2.05) is 12.1 Å². The number of halogens is 1. The SMILES string of the molecule is O=C(CCCl)Nc1cccc2c1CCCC2. The molecule has 1 amide bonds. The zero-order valence-electron chi connectivity index (χ0n) is 9.26. The quantitative estimate of drug-likeness (QED) is 0.804. The predicted octanol–water partition coefficient (Wildman–Crippen LogP) is 3.13. The van der Waals surface area contributed by atoms with Gasteiger partial charge in [-0.2, -0.15) is 0 Å². The number of benzene rings is 1. The second-order valence-corrected chi connectivity index (χ2v) is 4.52. The summed E-state index contributed by atoms with van der Waals surface area (Å²) in [6.45, 7) is 0. The first kappa shape index (κ1) is 11.5. The molecule has 1 aromatic carbocycles. The Balaban J connectivity index is 2.17. The fraction of sp³-hybridized carbons (Fsp3) is 0.462. The van der Waals surface area contributed by atoms with Crippen LogP contribution in [0.1, 0.15) is 30.4 Å². The number of carbonyl (C=O) groups excluding carboxylic acids is 1. The molecule has 16 heavy (non-hydrogen) atoms. The van der Waals surface area contributed by atoms with Crippen LogP contribution in [0.3, 0.4) is 0 Å². The van der Waals surface area contributed by atoms with Crippen molar-refractivity contribution in [3.05, 3.63) is 29.3 Å². The fourth-order valence-electron chi connectivity index (χ4n) is 2.20. The Morgan fingerprint density at radius 3 is 2.94 bits per heavy atom. The van der Waals surface area contributed by atoms with Crippen LogP contribution in [0.5, 0.6) is 0 Å². The molecule has 0 atom stereocenters. The summed E-state index contributed by atoms with van der Waals surface area (Å²) < 4.78 is 0. The lowest BCUT2D eigenvalue weighted by Gasteiger charge is -2.19. The summed E-state index contributed by atoms with van der Waals surface area (Å²) >= 11 is 5.55. The molecule has 0 heterocycles. The van der Waals surface area contributed by atoms with Gasteiger partial charge in [-0.05, 0) is 42.9 Å². The third kappa shape index (κ3) is 2.56. The zero-order valence-corrected chi connectivity index (χ0v) is 10.0. The molecule has 0 bridgehead atoms. The molecule has 0 fully saturated rings. The average molecular weight is 238 g/mol. The molecular formula is C13H16ClNO. The Labute approximate surface area is 101 Å². The van der Waals surface area contributed by atoms with Crippen LogP contribution >= 0.6 is 11.6 Å². The van der Waals surface area contributed by atoms with E-state index in [0.29, 0.717) is 12.3 Å². The summed E-state index contributed by atoms with van der Waals surface area (Å²) in [6.07, 6.45) is 5.06. The van der Waals surface area contributed by atoms with Crippen molar-refractivity contribution >= 4 is 23.2 Å². The zero-order chi connectivity index (χ0) is 11.4. The first-order valence-electron chi connectivity index (χ1n) is 5.78. The van der Waals surface area contributed by atoms with Gasteiger partial charge in [0.2, 0.25) is 5.91 Å².